The largest absolute Gasteiger partial charge is 0.509 e. The highest BCUT2D eigenvalue weighted by molar-refractivity contribution is 6.73. The molecule has 0 aliphatic carbocycles. The third-order valence-corrected chi connectivity index (χ3v) is 2.35. The molecule has 2 nitrogen and oxygen atoms in total. The molecule has 2 rings (SSSR count). The third-order valence-electron chi connectivity index (χ3n) is 2.35. The second-order valence-electron chi connectivity index (χ2n) is 3.63. The van der Waals surface area contributed by atoms with Gasteiger partial charge in [0.2, 0.25) is 0 Å². The lowest BCUT2D eigenvalue weighted by molar-refractivity contribution is 0.499. The highest BCUT2D eigenvalue weighted by Crippen LogP contribution is 2.13. The number of benzene rings is 1. The summed E-state index contributed by atoms with van der Waals surface area (Å²) in [7, 11) is 0. The normalized spacial score (nSPS) is 11.8. The number of rotatable bonds is 3. The van der Waals surface area contributed by atoms with Crippen LogP contribution in [0.25, 0.3) is 0 Å². The zero-order valence-corrected chi connectivity index (χ0v) is 8.65. The molecule has 1 aromatic heterocycles. The van der Waals surface area contributed by atoms with Gasteiger partial charge in [0.1, 0.15) is 5.82 Å². The molecule has 0 aliphatic rings. The molecule has 0 N–H and O–H groups in total. The molecule has 0 saturated heterocycles. The molecule has 0 bridgehead atoms. The number of nitrogens with zero attached hydrogens (tertiary/aromatic N) is 2. The Morgan fingerprint density at radius 1 is 1.24 bits per heavy atom. The van der Waals surface area contributed by atoms with Gasteiger partial charge in [-0.05, 0) is 6.07 Å². The first kappa shape index (κ1) is 11.7. The third kappa shape index (κ3) is 2.66. The van der Waals surface area contributed by atoms with Gasteiger partial charge in [0.05, 0.1) is 6.54 Å². The van der Waals surface area contributed by atoms with Crippen molar-refractivity contribution in [3.63, 3.8) is 0 Å². The Balaban J connectivity index is 2.26. The zero-order valence-electron chi connectivity index (χ0n) is 8.65. The fourth-order valence-electron chi connectivity index (χ4n) is 1.46. The van der Waals surface area contributed by atoms with Crippen molar-refractivity contribution in [1.29, 1.82) is 0 Å². The van der Waals surface area contributed by atoms with Gasteiger partial charge < -0.3 is 12.9 Å². The van der Waals surface area contributed by atoms with Gasteiger partial charge in [-0.3, -0.25) is 4.68 Å². The number of aromatic nitrogens is 2. The standard InChI is InChI=1S/C10H8BF4N2/c12-10-6-9(11(13,14)15)3-2-8(10)7-17-5-1-4-16-17/h1-6H,7H2/q-1. The minimum atomic E-state index is -5.16. The molecule has 7 heteroatoms. The molecule has 17 heavy (non-hydrogen) atoms. The van der Waals surface area contributed by atoms with Crippen LogP contribution in [0.1, 0.15) is 5.56 Å². The fourth-order valence-corrected chi connectivity index (χ4v) is 1.46. The molecule has 0 aliphatic heterocycles. The molecule has 1 aromatic carbocycles. The van der Waals surface area contributed by atoms with Crippen LogP contribution in [0.4, 0.5) is 17.3 Å². The Morgan fingerprint density at radius 2 is 2.00 bits per heavy atom. The summed E-state index contributed by atoms with van der Waals surface area (Å²) in [4.78, 5) is 0. The second kappa shape index (κ2) is 4.23. The highest BCUT2D eigenvalue weighted by Gasteiger charge is 2.26. The van der Waals surface area contributed by atoms with Gasteiger partial charge in [-0.1, -0.05) is 18.2 Å². The predicted octanol–water partition coefficient (Wildman–Crippen LogP) is 2.12. The Hall–Kier alpha value is -1.79. The molecule has 2 aromatic rings. The summed E-state index contributed by atoms with van der Waals surface area (Å²) in [5.74, 6) is -0.864. The van der Waals surface area contributed by atoms with E-state index in [1.54, 1.807) is 12.3 Å². The van der Waals surface area contributed by atoms with Crippen LogP contribution in [0.3, 0.4) is 0 Å². The molecule has 0 unspecified atom stereocenters. The first-order valence-corrected chi connectivity index (χ1v) is 4.92. The van der Waals surface area contributed by atoms with E-state index in [-0.39, 0.29) is 12.1 Å². The van der Waals surface area contributed by atoms with Gasteiger partial charge in [0.15, 0.2) is 0 Å². The smallest absolute Gasteiger partial charge is 0.445 e. The van der Waals surface area contributed by atoms with Crippen LogP contribution >= 0.6 is 0 Å². The second-order valence-corrected chi connectivity index (χ2v) is 3.63. The van der Waals surface area contributed by atoms with E-state index >= 15 is 0 Å². The van der Waals surface area contributed by atoms with E-state index in [9.17, 15) is 17.3 Å². The van der Waals surface area contributed by atoms with Crippen molar-refractivity contribution in [2.24, 2.45) is 0 Å². The summed E-state index contributed by atoms with van der Waals surface area (Å²) < 4.78 is 51.9. The molecule has 0 radical (unpaired) electrons. The number of hydrogen-bond donors (Lipinski definition) is 0. The molecule has 1 heterocycles. The summed E-state index contributed by atoms with van der Waals surface area (Å²) in [6.45, 7) is -5.04. The van der Waals surface area contributed by atoms with Crippen LogP contribution in [0.15, 0.2) is 36.7 Å². The number of hydrogen-bond acceptors (Lipinski definition) is 1. The van der Waals surface area contributed by atoms with Crippen molar-refractivity contribution in [2.75, 3.05) is 0 Å². The first-order chi connectivity index (χ1) is 7.97. The SMILES string of the molecule is Fc1cc([B-](F)(F)F)ccc1Cn1cccn1. The van der Waals surface area contributed by atoms with Crippen LogP contribution in [-0.2, 0) is 6.54 Å². The van der Waals surface area contributed by atoms with Gasteiger partial charge in [0.25, 0.3) is 0 Å². The molecule has 0 spiro atoms. The summed E-state index contributed by atoms with van der Waals surface area (Å²) in [6.07, 6.45) is 3.13. The molecular weight excluding hydrogens is 235 g/mol. The highest BCUT2D eigenvalue weighted by atomic mass is 19.4. The lowest BCUT2D eigenvalue weighted by Gasteiger charge is -2.15. The predicted molar refractivity (Wildman–Crippen MR) is 56.4 cm³/mol. The Labute approximate surface area is 94.9 Å². The van der Waals surface area contributed by atoms with Crippen LogP contribution in [0, 0.1) is 5.82 Å². The lowest BCUT2D eigenvalue weighted by Crippen LogP contribution is -2.34. The van der Waals surface area contributed by atoms with E-state index in [0.717, 1.165) is 12.1 Å². The van der Waals surface area contributed by atoms with Crippen molar-refractivity contribution in [3.05, 3.63) is 48.0 Å². The number of halogens is 4. The maximum absolute atomic E-state index is 13.4. The average Bonchev–Trinajstić information content (AvgIpc) is 2.72. The lowest BCUT2D eigenvalue weighted by atomic mass is 9.80. The summed E-state index contributed by atoms with van der Waals surface area (Å²) >= 11 is 0. The summed E-state index contributed by atoms with van der Waals surface area (Å²) in [5.41, 5.74) is -0.746. The Bertz CT molecular complexity index is 508. The van der Waals surface area contributed by atoms with Crippen molar-refractivity contribution >= 4 is 12.4 Å². The van der Waals surface area contributed by atoms with E-state index in [0.29, 0.717) is 6.07 Å². The summed E-state index contributed by atoms with van der Waals surface area (Å²) in [6, 6.07) is 4.22. The van der Waals surface area contributed by atoms with Crippen LogP contribution < -0.4 is 5.46 Å². The van der Waals surface area contributed by atoms with Gasteiger partial charge >= 0.3 is 6.98 Å². The zero-order chi connectivity index (χ0) is 12.5. The van der Waals surface area contributed by atoms with E-state index in [1.165, 1.54) is 10.9 Å². The Kier molecular flexibility index (Phi) is 2.91. The monoisotopic (exact) mass is 243 g/mol. The minimum Gasteiger partial charge on any atom is -0.445 e. The molecule has 0 atom stereocenters. The van der Waals surface area contributed by atoms with E-state index in [2.05, 4.69) is 5.10 Å². The average molecular weight is 243 g/mol. The van der Waals surface area contributed by atoms with Crippen LogP contribution in [-0.4, -0.2) is 16.8 Å². The van der Waals surface area contributed by atoms with Gasteiger partial charge in [-0.15, -0.1) is 5.46 Å². The van der Waals surface area contributed by atoms with Crippen LogP contribution in [0.2, 0.25) is 0 Å². The molecule has 0 amide bonds. The van der Waals surface area contributed by atoms with Crippen LogP contribution in [0.5, 0.6) is 0 Å². The minimum absolute atomic E-state index is 0.115. The fraction of sp³-hybridized carbons (Fsp3) is 0.100. The summed E-state index contributed by atoms with van der Waals surface area (Å²) in [5, 5.41) is 3.86. The first-order valence-electron chi connectivity index (χ1n) is 4.92. The van der Waals surface area contributed by atoms with Crippen molar-refractivity contribution in [2.45, 2.75) is 6.54 Å². The van der Waals surface area contributed by atoms with Crippen molar-refractivity contribution in [1.82, 2.24) is 9.78 Å². The van der Waals surface area contributed by atoms with Gasteiger partial charge in [-0.25, -0.2) is 4.39 Å². The van der Waals surface area contributed by atoms with Gasteiger partial charge in [0, 0.05) is 18.0 Å². The molecular formula is C10H8BF4N2-. The van der Waals surface area contributed by atoms with E-state index < -0.39 is 18.3 Å². The van der Waals surface area contributed by atoms with E-state index in [1.807, 2.05) is 0 Å². The quantitative estimate of drug-likeness (QED) is 0.596. The maximum atomic E-state index is 13.4. The van der Waals surface area contributed by atoms with Gasteiger partial charge in [-0.2, -0.15) is 5.10 Å². The molecule has 90 valence electrons. The maximum Gasteiger partial charge on any atom is 0.509 e. The molecule has 0 saturated carbocycles. The van der Waals surface area contributed by atoms with Crippen molar-refractivity contribution in [3.8, 4) is 0 Å². The Morgan fingerprint density at radius 3 is 2.53 bits per heavy atom. The molecule has 0 fully saturated rings. The van der Waals surface area contributed by atoms with E-state index in [4.69, 9.17) is 0 Å². The van der Waals surface area contributed by atoms with Crippen molar-refractivity contribution < 1.29 is 17.3 Å². The topological polar surface area (TPSA) is 17.8 Å².